The molecule has 6 heteroatoms. The van der Waals surface area contributed by atoms with Crippen LogP contribution >= 0.6 is 0 Å². The van der Waals surface area contributed by atoms with Gasteiger partial charge in [0.05, 0.1) is 10.6 Å². The van der Waals surface area contributed by atoms with Crippen LogP contribution in [-0.4, -0.2) is 29.5 Å². The average Bonchev–Trinajstić information content (AvgIpc) is 3.09. The van der Waals surface area contributed by atoms with Crippen molar-refractivity contribution in [3.8, 4) is 0 Å². The Bertz CT molecular complexity index is 648. The van der Waals surface area contributed by atoms with Gasteiger partial charge in [0, 0.05) is 37.2 Å². The number of anilines is 1. The summed E-state index contributed by atoms with van der Waals surface area (Å²) in [5, 5.41) is 14.6. The number of carbonyl (C=O) groups is 1. The molecule has 2 unspecified atom stereocenters. The van der Waals surface area contributed by atoms with Crippen LogP contribution < -0.4 is 10.2 Å². The van der Waals surface area contributed by atoms with E-state index in [-0.39, 0.29) is 11.6 Å². The van der Waals surface area contributed by atoms with Gasteiger partial charge in [0.1, 0.15) is 0 Å². The van der Waals surface area contributed by atoms with Crippen molar-refractivity contribution in [2.45, 2.75) is 50.6 Å². The number of benzene rings is 1. The van der Waals surface area contributed by atoms with Crippen molar-refractivity contribution in [3.05, 3.63) is 33.9 Å². The fourth-order valence-electron chi connectivity index (χ4n) is 4.44. The maximum Gasteiger partial charge on any atom is 0.271 e. The van der Waals surface area contributed by atoms with E-state index in [1.54, 1.807) is 17.0 Å². The monoisotopic (exact) mass is 315 g/mol. The highest BCUT2D eigenvalue weighted by molar-refractivity contribution is 5.96. The summed E-state index contributed by atoms with van der Waals surface area (Å²) in [4.78, 5) is 25.1. The van der Waals surface area contributed by atoms with Crippen LogP contribution in [0.15, 0.2) is 18.2 Å². The molecule has 23 heavy (non-hydrogen) atoms. The molecule has 1 aromatic carbocycles. The number of hydrogen-bond donors (Lipinski definition) is 1. The number of hydrogen-bond acceptors (Lipinski definition) is 4. The van der Waals surface area contributed by atoms with E-state index in [9.17, 15) is 14.9 Å². The van der Waals surface area contributed by atoms with E-state index in [4.69, 9.17) is 0 Å². The topological polar surface area (TPSA) is 75.5 Å². The molecule has 122 valence electrons. The first-order valence-corrected chi connectivity index (χ1v) is 8.44. The van der Waals surface area contributed by atoms with E-state index >= 15 is 0 Å². The van der Waals surface area contributed by atoms with Crippen LogP contribution in [0.4, 0.5) is 11.4 Å². The summed E-state index contributed by atoms with van der Waals surface area (Å²) < 4.78 is 0. The van der Waals surface area contributed by atoms with E-state index in [1.807, 2.05) is 0 Å². The third-order valence-electron chi connectivity index (χ3n) is 5.51. The Labute approximate surface area is 135 Å². The van der Waals surface area contributed by atoms with E-state index in [0.717, 1.165) is 30.5 Å². The molecule has 2 atom stereocenters. The first-order chi connectivity index (χ1) is 11.1. The number of nitrogens with zero attached hydrogens (tertiary/aromatic N) is 2. The van der Waals surface area contributed by atoms with Crippen molar-refractivity contribution < 1.29 is 9.72 Å². The number of carbonyl (C=O) groups excluding carboxylic acids is 1. The van der Waals surface area contributed by atoms with Crippen molar-refractivity contribution >= 4 is 17.3 Å². The molecule has 0 radical (unpaired) electrons. The molecule has 6 nitrogen and oxygen atoms in total. The second-order valence-corrected chi connectivity index (χ2v) is 7.04. The third-order valence-corrected chi connectivity index (χ3v) is 5.51. The molecule has 3 aliphatic heterocycles. The Hall–Kier alpha value is -1.95. The zero-order valence-electron chi connectivity index (χ0n) is 13.0. The minimum absolute atomic E-state index is 0.0587. The SMILES string of the molecule is O=C(CC1CC2CCC(C1)N2)N1CCc2ccc([N+](=O)[O-])cc21. The first kappa shape index (κ1) is 14.6. The quantitative estimate of drug-likeness (QED) is 0.686. The van der Waals surface area contributed by atoms with Crippen LogP contribution in [0.1, 0.15) is 37.7 Å². The highest BCUT2D eigenvalue weighted by Gasteiger charge is 2.36. The van der Waals surface area contributed by atoms with Gasteiger partial charge in [-0.3, -0.25) is 14.9 Å². The predicted octanol–water partition coefficient (Wildman–Crippen LogP) is 2.40. The maximum atomic E-state index is 12.7. The maximum absolute atomic E-state index is 12.7. The van der Waals surface area contributed by atoms with E-state index in [0.29, 0.717) is 31.0 Å². The Kier molecular flexibility index (Phi) is 3.56. The summed E-state index contributed by atoms with van der Waals surface area (Å²) in [6.07, 6.45) is 5.98. The summed E-state index contributed by atoms with van der Waals surface area (Å²) in [6, 6.07) is 6.02. The van der Waals surface area contributed by atoms with Crippen molar-refractivity contribution in [2.24, 2.45) is 5.92 Å². The van der Waals surface area contributed by atoms with Crippen molar-refractivity contribution in [2.75, 3.05) is 11.4 Å². The number of nitrogens with one attached hydrogen (secondary N) is 1. The molecule has 1 aromatic rings. The normalized spacial score (nSPS) is 28.7. The third kappa shape index (κ3) is 2.72. The molecule has 0 spiro atoms. The second-order valence-electron chi connectivity index (χ2n) is 7.04. The predicted molar refractivity (Wildman–Crippen MR) is 86.4 cm³/mol. The highest BCUT2D eigenvalue weighted by Crippen LogP contribution is 2.36. The zero-order chi connectivity index (χ0) is 16.0. The lowest BCUT2D eigenvalue weighted by molar-refractivity contribution is -0.384. The number of nitro groups is 1. The summed E-state index contributed by atoms with van der Waals surface area (Å²) in [5.74, 6) is 0.569. The Morgan fingerprint density at radius 1 is 1.30 bits per heavy atom. The number of fused-ring (bicyclic) bond motifs is 3. The zero-order valence-corrected chi connectivity index (χ0v) is 13.0. The number of piperidine rings is 1. The number of non-ortho nitro benzene ring substituents is 1. The lowest BCUT2D eigenvalue weighted by Gasteiger charge is -2.30. The minimum Gasteiger partial charge on any atom is -0.312 e. The molecule has 4 rings (SSSR count). The molecule has 0 saturated carbocycles. The lowest BCUT2D eigenvalue weighted by atomic mass is 9.89. The highest BCUT2D eigenvalue weighted by atomic mass is 16.6. The summed E-state index contributed by atoms with van der Waals surface area (Å²) in [5.41, 5.74) is 1.83. The van der Waals surface area contributed by atoms with Crippen LogP contribution in [0.3, 0.4) is 0 Å². The second kappa shape index (κ2) is 5.60. The Morgan fingerprint density at radius 2 is 2.04 bits per heavy atom. The van der Waals surface area contributed by atoms with Gasteiger partial charge in [-0.05, 0) is 43.6 Å². The lowest BCUT2D eigenvalue weighted by Crippen LogP contribution is -2.40. The van der Waals surface area contributed by atoms with E-state index < -0.39 is 4.92 Å². The Balaban J connectivity index is 1.48. The van der Waals surface area contributed by atoms with Crippen molar-refractivity contribution in [3.63, 3.8) is 0 Å². The molecule has 1 amide bonds. The molecular weight excluding hydrogens is 294 g/mol. The molecule has 0 aromatic heterocycles. The molecular formula is C17H21N3O3. The molecule has 2 bridgehead atoms. The van der Waals surface area contributed by atoms with E-state index in [2.05, 4.69) is 5.32 Å². The fraction of sp³-hybridized carbons (Fsp3) is 0.588. The molecule has 3 aliphatic rings. The van der Waals surface area contributed by atoms with Gasteiger partial charge in [-0.15, -0.1) is 0 Å². The van der Waals surface area contributed by atoms with Crippen molar-refractivity contribution in [1.29, 1.82) is 0 Å². The van der Waals surface area contributed by atoms with Crippen LogP contribution in [0.25, 0.3) is 0 Å². The van der Waals surface area contributed by atoms with Crippen molar-refractivity contribution in [1.82, 2.24) is 5.32 Å². The summed E-state index contributed by atoms with van der Waals surface area (Å²) in [6.45, 7) is 0.646. The number of nitro benzene ring substituents is 1. The molecule has 2 saturated heterocycles. The van der Waals surface area contributed by atoms with Crippen LogP contribution in [0.5, 0.6) is 0 Å². The molecule has 2 fully saturated rings. The average molecular weight is 315 g/mol. The molecule has 1 N–H and O–H groups in total. The Morgan fingerprint density at radius 3 is 2.74 bits per heavy atom. The molecule has 3 heterocycles. The first-order valence-electron chi connectivity index (χ1n) is 8.44. The van der Waals surface area contributed by atoms with Crippen LogP contribution in [0.2, 0.25) is 0 Å². The van der Waals surface area contributed by atoms with Crippen LogP contribution in [0, 0.1) is 16.0 Å². The van der Waals surface area contributed by atoms with Gasteiger partial charge in [0.25, 0.3) is 5.69 Å². The number of rotatable bonds is 3. The summed E-state index contributed by atoms with van der Waals surface area (Å²) >= 11 is 0. The molecule has 0 aliphatic carbocycles. The van der Waals surface area contributed by atoms with Gasteiger partial charge in [0.15, 0.2) is 0 Å². The largest absolute Gasteiger partial charge is 0.312 e. The minimum atomic E-state index is -0.397. The van der Waals surface area contributed by atoms with Gasteiger partial charge in [-0.1, -0.05) is 6.07 Å². The standard InChI is InChI=1S/C17H21N3O3/c21-17(9-11-7-13-2-3-14(8-11)18-13)19-6-5-12-1-4-15(20(22)23)10-16(12)19/h1,4,10-11,13-14,18H,2-3,5-9H2. The van der Waals surface area contributed by atoms with Gasteiger partial charge in [-0.2, -0.15) is 0 Å². The van der Waals surface area contributed by atoms with Crippen LogP contribution in [-0.2, 0) is 11.2 Å². The number of amides is 1. The van der Waals surface area contributed by atoms with Gasteiger partial charge in [0.2, 0.25) is 5.91 Å². The van der Waals surface area contributed by atoms with Gasteiger partial charge in [-0.25, -0.2) is 0 Å². The smallest absolute Gasteiger partial charge is 0.271 e. The van der Waals surface area contributed by atoms with Gasteiger partial charge < -0.3 is 10.2 Å². The fourth-order valence-corrected chi connectivity index (χ4v) is 4.44. The van der Waals surface area contributed by atoms with E-state index in [1.165, 1.54) is 18.9 Å². The summed E-state index contributed by atoms with van der Waals surface area (Å²) in [7, 11) is 0. The van der Waals surface area contributed by atoms with Gasteiger partial charge >= 0.3 is 0 Å².